The van der Waals surface area contributed by atoms with Crippen molar-refractivity contribution >= 4 is 17.3 Å². The Kier molecular flexibility index (Phi) is 3.97. The van der Waals surface area contributed by atoms with E-state index in [1.54, 1.807) is 43.7 Å². The number of rotatable bonds is 4. The number of aromatic nitrogens is 1. The predicted octanol–water partition coefficient (Wildman–Crippen LogP) is 1.71. The Morgan fingerprint density at radius 2 is 2.11 bits per heavy atom. The molecule has 1 aromatic heterocycles. The molecule has 19 heavy (non-hydrogen) atoms. The highest BCUT2D eigenvalue weighted by Crippen LogP contribution is 2.19. The van der Waals surface area contributed by atoms with Crippen LogP contribution in [0.25, 0.3) is 0 Å². The number of nitrogen functional groups attached to an aromatic ring is 1. The number of nitrogens with zero attached hydrogens (tertiary/aromatic N) is 2. The van der Waals surface area contributed by atoms with Gasteiger partial charge in [0.2, 0.25) is 0 Å². The summed E-state index contributed by atoms with van der Waals surface area (Å²) < 4.78 is 5.40. The highest BCUT2D eigenvalue weighted by atomic mass is 16.5. The Morgan fingerprint density at radius 3 is 2.79 bits per heavy atom. The highest BCUT2D eigenvalue weighted by molar-refractivity contribution is 5.93. The summed E-state index contributed by atoms with van der Waals surface area (Å²) >= 11 is 0. The van der Waals surface area contributed by atoms with Gasteiger partial charge in [-0.2, -0.15) is 0 Å². The number of hydrogen-bond donors (Lipinski definition) is 1. The number of hydrogen-bond acceptors (Lipinski definition) is 4. The van der Waals surface area contributed by atoms with Gasteiger partial charge in [-0.15, -0.1) is 0 Å². The van der Waals surface area contributed by atoms with Gasteiger partial charge in [-0.25, -0.2) is 0 Å². The topological polar surface area (TPSA) is 68.5 Å². The largest absolute Gasteiger partial charge is 0.482 e. The minimum Gasteiger partial charge on any atom is -0.482 e. The molecule has 5 nitrogen and oxygen atoms in total. The van der Waals surface area contributed by atoms with Gasteiger partial charge in [0.1, 0.15) is 5.75 Å². The summed E-state index contributed by atoms with van der Waals surface area (Å²) in [7, 11) is 1.68. The third-order valence-electron chi connectivity index (χ3n) is 2.68. The van der Waals surface area contributed by atoms with Crippen molar-refractivity contribution in [1.82, 2.24) is 4.98 Å². The number of amides is 1. The monoisotopic (exact) mass is 257 g/mol. The van der Waals surface area contributed by atoms with E-state index < -0.39 is 0 Å². The number of likely N-dealkylation sites (N-methyl/N-ethyl adjacent to an activating group) is 1. The number of benzene rings is 1. The van der Waals surface area contributed by atoms with E-state index in [4.69, 9.17) is 10.5 Å². The molecule has 0 fully saturated rings. The molecule has 0 aliphatic carbocycles. The van der Waals surface area contributed by atoms with Gasteiger partial charge in [0, 0.05) is 13.2 Å². The number of nitrogens with two attached hydrogens (primary N) is 1. The average molecular weight is 257 g/mol. The molecule has 0 aliphatic heterocycles. The maximum Gasteiger partial charge on any atom is 0.264 e. The number of ether oxygens (including phenoxy) is 1. The van der Waals surface area contributed by atoms with Crippen LogP contribution in [-0.4, -0.2) is 24.5 Å². The van der Waals surface area contributed by atoms with Gasteiger partial charge in [-0.05, 0) is 24.3 Å². The van der Waals surface area contributed by atoms with Crippen LogP contribution in [0.1, 0.15) is 0 Å². The number of para-hydroxylation sites is 2. The molecule has 2 rings (SSSR count). The SMILES string of the molecule is CN(C(=O)COc1ccccc1N)c1cccnc1. The summed E-state index contributed by atoms with van der Waals surface area (Å²) in [6.45, 7) is -0.0698. The van der Waals surface area contributed by atoms with Crippen molar-refractivity contribution in [3.8, 4) is 5.75 Å². The van der Waals surface area contributed by atoms with Crippen molar-refractivity contribution in [3.05, 3.63) is 48.8 Å². The molecule has 0 saturated heterocycles. The molecule has 0 bridgehead atoms. The van der Waals surface area contributed by atoms with E-state index in [9.17, 15) is 4.79 Å². The Bertz CT molecular complexity index is 558. The molecule has 98 valence electrons. The van der Waals surface area contributed by atoms with E-state index in [1.165, 1.54) is 4.90 Å². The Morgan fingerprint density at radius 1 is 1.32 bits per heavy atom. The molecule has 5 heteroatoms. The summed E-state index contributed by atoms with van der Waals surface area (Å²) in [6, 6.07) is 10.7. The molecule has 0 aliphatic rings. The van der Waals surface area contributed by atoms with Crippen molar-refractivity contribution in [2.75, 3.05) is 24.3 Å². The molecule has 0 unspecified atom stereocenters. The van der Waals surface area contributed by atoms with E-state index in [1.807, 2.05) is 12.1 Å². The van der Waals surface area contributed by atoms with Gasteiger partial charge in [0.25, 0.3) is 5.91 Å². The van der Waals surface area contributed by atoms with Crippen LogP contribution in [0.2, 0.25) is 0 Å². The lowest BCUT2D eigenvalue weighted by atomic mass is 10.3. The van der Waals surface area contributed by atoms with Crippen molar-refractivity contribution in [2.24, 2.45) is 0 Å². The third kappa shape index (κ3) is 3.22. The Balaban J connectivity index is 1.97. The first-order valence-electron chi connectivity index (χ1n) is 5.82. The molecule has 1 aromatic carbocycles. The van der Waals surface area contributed by atoms with Crippen LogP contribution >= 0.6 is 0 Å². The van der Waals surface area contributed by atoms with E-state index >= 15 is 0 Å². The fourth-order valence-electron chi connectivity index (χ4n) is 1.54. The van der Waals surface area contributed by atoms with E-state index in [-0.39, 0.29) is 12.5 Å². The summed E-state index contributed by atoms with van der Waals surface area (Å²) in [5.41, 5.74) is 6.97. The molecule has 0 saturated carbocycles. The van der Waals surface area contributed by atoms with Crippen LogP contribution in [0.15, 0.2) is 48.8 Å². The fraction of sp³-hybridized carbons (Fsp3) is 0.143. The van der Waals surface area contributed by atoms with Crippen molar-refractivity contribution in [1.29, 1.82) is 0 Å². The van der Waals surface area contributed by atoms with E-state index in [0.29, 0.717) is 11.4 Å². The van der Waals surface area contributed by atoms with Gasteiger partial charge >= 0.3 is 0 Å². The van der Waals surface area contributed by atoms with Crippen LogP contribution in [0.5, 0.6) is 5.75 Å². The van der Waals surface area contributed by atoms with Gasteiger partial charge in [0.15, 0.2) is 6.61 Å². The van der Waals surface area contributed by atoms with E-state index in [2.05, 4.69) is 4.98 Å². The number of carbonyl (C=O) groups is 1. The maximum absolute atomic E-state index is 12.0. The number of carbonyl (C=O) groups excluding carboxylic acids is 1. The second-order valence-corrected chi connectivity index (χ2v) is 3.99. The average Bonchev–Trinajstić information content (AvgIpc) is 2.46. The van der Waals surface area contributed by atoms with Gasteiger partial charge in [-0.3, -0.25) is 9.78 Å². The number of pyridine rings is 1. The maximum atomic E-state index is 12.0. The first-order valence-corrected chi connectivity index (χ1v) is 5.82. The molecule has 0 radical (unpaired) electrons. The van der Waals surface area contributed by atoms with Crippen molar-refractivity contribution in [2.45, 2.75) is 0 Å². The lowest BCUT2D eigenvalue weighted by Crippen LogP contribution is -2.31. The van der Waals surface area contributed by atoms with Gasteiger partial charge < -0.3 is 15.4 Å². The standard InChI is InChI=1S/C14H15N3O2/c1-17(11-5-4-8-16-9-11)14(18)10-19-13-7-3-2-6-12(13)15/h2-9H,10,15H2,1H3. The molecule has 1 amide bonds. The quantitative estimate of drug-likeness (QED) is 0.846. The lowest BCUT2D eigenvalue weighted by molar-refractivity contribution is -0.120. The second-order valence-electron chi connectivity index (χ2n) is 3.99. The number of anilines is 2. The molecule has 2 aromatic rings. The normalized spacial score (nSPS) is 9.95. The summed E-state index contributed by atoms with van der Waals surface area (Å²) in [4.78, 5) is 17.4. The van der Waals surface area contributed by atoms with Crippen LogP contribution in [0.3, 0.4) is 0 Å². The zero-order chi connectivity index (χ0) is 13.7. The molecular formula is C14H15N3O2. The Hall–Kier alpha value is -2.56. The molecule has 1 heterocycles. The molecule has 0 spiro atoms. The molecule has 2 N–H and O–H groups in total. The highest BCUT2D eigenvalue weighted by Gasteiger charge is 2.12. The van der Waals surface area contributed by atoms with Crippen LogP contribution in [0, 0.1) is 0 Å². The zero-order valence-electron chi connectivity index (χ0n) is 10.6. The van der Waals surface area contributed by atoms with Crippen molar-refractivity contribution in [3.63, 3.8) is 0 Å². The second kappa shape index (κ2) is 5.86. The summed E-state index contributed by atoms with van der Waals surface area (Å²) in [5, 5.41) is 0. The predicted molar refractivity (Wildman–Crippen MR) is 74.0 cm³/mol. The fourth-order valence-corrected chi connectivity index (χ4v) is 1.54. The minimum absolute atomic E-state index is 0.0698. The summed E-state index contributed by atoms with van der Waals surface area (Å²) in [5.74, 6) is 0.340. The van der Waals surface area contributed by atoms with Crippen molar-refractivity contribution < 1.29 is 9.53 Å². The first kappa shape index (κ1) is 12.9. The van der Waals surface area contributed by atoms with Crippen LogP contribution in [-0.2, 0) is 4.79 Å². The smallest absolute Gasteiger partial charge is 0.264 e. The van der Waals surface area contributed by atoms with Gasteiger partial charge in [0.05, 0.1) is 17.6 Å². The third-order valence-corrected chi connectivity index (χ3v) is 2.68. The van der Waals surface area contributed by atoms with Gasteiger partial charge in [-0.1, -0.05) is 12.1 Å². The molecular weight excluding hydrogens is 242 g/mol. The molecule has 0 atom stereocenters. The summed E-state index contributed by atoms with van der Waals surface area (Å²) in [6.07, 6.45) is 3.28. The van der Waals surface area contributed by atoms with E-state index in [0.717, 1.165) is 5.69 Å². The zero-order valence-corrected chi connectivity index (χ0v) is 10.6. The van der Waals surface area contributed by atoms with Crippen LogP contribution < -0.4 is 15.4 Å². The van der Waals surface area contributed by atoms with Crippen LogP contribution in [0.4, 0.5) is 11.4 Å². The lowest BCUT2D eigenvalue weighted by Gasteiger charge is -2.17. The minimum atomic E-state index is -0.170. The first-order chi connectivity index (χ1) is 9.18. The Labute approximate surface area is 111 Å².